The number of alkyl halides is 3. The Bertz CT molecular complexity index is 1280. The SMILES string of the molecule is O=C(c1nc2c(C(F)(F)F)cc(C3CC3)cn2c1Cl)N1CCN(C2CCS(=O)(=O)CC2)C(=O)C1. The number of nitrogens with zero attached hydrogens (tertiary/aromatic N) is 4. The van der Waals surface area contributed by atoms with Crippen LogP contribution in [-0.2, 0) is 20.8 Å². The number of amides is 2. The van der Waals surface area contributed by atoms with Gasteiger partial charge in [0.05, 0.1) is 17.1 Å². The molecule has 2 aliphatic heterocycles. The van der Waals surface area contributed by atoms with Gasteiger partial charge in [0, 0.05) is 25.3 Å². The fraction of sp³-hybridized carbons (Fsp3) is 0.571. The number of rotatable bonds is 3. The van der Waals surface area contributed by atoms with Crippen molar-refractivity contribution in [2.24, 2.45) is 0 Å². The van der Waals surface area contributed by atoms with Gasteiger partial charge in [-0.25, -0.2) is 13.4 Å². The summed E-state index contributed by atoms with van der Waals surface area (Å²) in [5.74, 6) is -0.982. The molecule has 13 heteroatoms. The number of carbonyl (C=O) groups excluding carboxylic acids is 2. The largest absolute Gasteiger partial charge is 0.419 e. The van der Waals surface area contributed by atoms with E-state index in [9.17, 15) is 31.2 Å². The summed E-state index contributed by atoms with van der Waals surface area (Å²) in [5, 5.41) is -0.222. The molecule has 184 valence electrons. The molecule has 2 aromatic rings. The summed E-state index contributed by atoms with van der Waals surface area (Å²) in [7, 11) is -3.08. The van der Waals surface area contributed by atoms with E-state index >= 15 is 0 Å². The molecule has 1 saturated carbocycles. The predicted octanol–water partition coefficient (Wildman–Crippen LogP) is 2.75. The Balaban J connectivity index is 1.39. The van der Waals surface area contributed by atoms with Gasteiger partial charge < -0.3 is 9.80 Å². The number of hydrogen-bond donors (Lipinski definition) is 0. The molecule has 8 nitrogen and oxygen atoms in total. The van der Waals surface area contributed by atoms with Crippen molar-refractivity contribution < 1.29 is 31.2 Å². The Hall–Kier alpha value is -2.34. The molecular formula is C21H22ClF3N4O4S. The average molecular weight is 519 g/mol. The van der Waals surface area contributed by atoms with Crippen LogP contribution in [0.2, 0.25) is 5.15 Å². The summed E-state index contributed by atoms with van der Waals surface area (Å²) in [4.78, 5) is 32.6. The summed E-state index contributed by atoms with van der Waals surface area (Å²) >= 11 is 6.34. The number of piperazine rings is 1. The monoisotopic (exact) mass is 518 g/mol. The van der Waals surface area contributed by atoms with Crippen molar-refractivity contribution in [2.75, 3.05) is 31.1 Å². The van der Waals surface area contributed by atoms with E-state index in [0.717, 1.165) is 23.3 Å². The lowest BCUT2D eigenvalue weighted by Gasteiger charge is -2.40. The Morgan fingerprint density at radius 2 is 1.79 bits per heavy atom. The minimum atomic E-state index is -4.67. The molecule has 2 amide bonds. The molecule has 3 fully saturated rings. The van der Waals surface area contributed by atoms with Crippen LogP contribution < -0.4 is 0 Å². The first-order valence-electron chi connectivity index (χ1n) is 11.0. The molecule has 3 aliphatic rings. The second kappa shape index (κ2) is 8.11. The van der Waals surface area contributed by atoms with Gasteiger partial charge in [-0.2, -0.15) is 13.2 Å². The fourth-order valence-electron chi connectivity index (χ4n) is 4.71. The third-order valence-electron chi connectivity index (χ3n) is 6.75. The maximum absolute atomic E-state index is 13.7. The number of carbonyl (C=O) groups is 2. The first-order valence-corrected chi connectivity index (χ1v) is 13.2. The fourth-order valence-corrected chi connectivity index (χ4v) is 6.43. The molecule has 0 N–H and O–H groups in total. The lowest BCUT2D eigenvalue weighted by molar-refractivity contribution is -0.138. The zero-order valence-corrected chi connectivity index (χ0v) is 19.6. The molecule has 0 bridgehead atoms. The van der Waals surface area contributed by atoms with Gasteiger partial charge in [-0.3, -0.25) is 14.0 Å². The predicted molar refractivity (Wildman–Crippen MR) is 116 cm³/mol. The number of pyridine rings is 1. The lowest BCUT2D eigenvalue weighted by atomic mass is 10.1. The first-order chi connectivity index (χ1) is 15.9. The van der Waals surface area contributed by atoms with Crippen LogP contribution in [0, 0.1) is 0 Å². The third kappa shape index (κ3) is 4.26. The summed E-state index contributed by atoms with van der Waals surface area (Å²) in [6.07, 6.45) is -0.890. The van der Waals surface area contributed by atoms with Crippen LogP contribution in [0.15, 0.2) is 12.3 Å². The van der Waals surface area contributed by atoms with Gasteiger partial charge in [0.1, 0.15) is 21.5 Å². The zero-order chi connectivity index (χ0) is 24.4. The van der Waals surface area contributed by atoms with Crippen LogP contribution in [0.5, 0.6) is 0 Å². The summed E-state index contributed by atoms with van der Waals surface area (Å²) < 4.78 is 65.6. The Morgan fingerprint density at radius 1 is 1.12 bits per heavy atom. The van der Waals surface area contributed by atoms with Crippen molar-refractivity contribution in [1.82, 2.24) is 19.2 Å². The second-order valence-corrected chi connectivity index (χ2v) is 11.8. The maximum Gasteiger partial charge on any atom is 0.419 e. The van der Waals surface area contributed by atoms with Crippen LogP contribution in [0.1, 0.15) is 53.2 Å². The standard InChI is InChI=1S/C21H22ClF3N4O4S/c22-18-17(26-19-15(21(23,24)25)9-13(10-29(18)19)12-1-2-12)20(31)27-5-6-28(16(30)11-27)14-3-7-34(32,33)8-4-14/h9-10,12,14H,1-8,11H2. The molecule has 4 heterocycles. The van der Waals surface area contributed by atoms with E-state index in [-0.39, 0.29) is 59.9 Å². The van der Waals surface area contributed by atoms with E-state index in [1.165, 1.54) is 11.1 Å². The zero-order valence-electron chi connectivity index (χ0n) is 18.0. The van der Waals surface area contributed by atoms with Gasteiger partial charge in [0.15, 0.2) is 11.3 Å². The highest BCUT2D eigenvalue weighted by Crippen LogP contribution is 2.43. The quantitative estimate of drug-likeness (QED) is 0.623. The number of hydrogen-bond acceptors (Lipinski definition) is 5. The van der Waals surface area contributed by atoms with Crippen LogP contribution in [0.4, 0.5) is 13.2 Å². The molecule has 0 unspecified atom stereocenters. The van der Waals surface area contributed by atoms with E-state index in [2.05, 4.69) is 4.98 Å². The minimum Gasteiger partial charge on any atom is -0.336 e. The van der Waals surface area contributed by atoms with E-state index in [1.54, 1.807) is 4.90 Å². The van der Waals surface area contributed by atoms with E-state index in [4.69, 9.17) is 11.6 Å². The maximum atomic E-state index is 13.7. The second-order valence-electron chi connectivity index (χ2n) is 9.10. The van der Waals surface area contributed by atoms with Crippen LogP contribution in [-0.4, -0.2) is 76.6 Å². The van der Waals surface area contributed by atoms with Crippen LogP contribution in [0.3, 0.4) is 0 Å². The van der Waals surface area contributed by atoms with E-state index in [1.807, 2.05) is 0 Å². The lowest BCUT2D eigenvalue weighted by Crippen LogP contribution is -2.56. The Kier molecular flexibility index (Phi) is 5.58. The summed E-state index contributed by atoms with van der Waals surface area (Å²) in [5.41, 5.74) is -1.23. The van der Waals surface area contributed by atoms with Crippen molar-refractivity contribution in [1.29, 1.82) is 0 Å². The Morgan fingerprint density at radius 3 is 2.38 bits per heavy atom. The topological polar surface area (TPSA) is 92.1 Å². The minimum absolute atomic E-state index is 0.0192. The van der Waals surface area contributed by atoms with Gasteiger partial charge in [0.2, 0.25) is 5.91 Å². The Labute approximate surface area is 198 Å². The van der Waals surface area contributed by atoms with E-state index in [0.29, 0.717) is 18.4 Å². The molecule has 2 aromatic heterocycles. The molecule has 0 spiro atoms. The molecule has 2 saturated heterocycles. The third-order valence-corrected chi connectivity index (χ3v) is 8.83. The van der Waals surface area contributed by atoms with Crippen molar-refractivity contribution in [3.8, 4) is 0 Å². The van der Waals surface area contributed by atoms with Crippen molar-refractivity contribution >= 4 is 38.9 Å². The molecule has 5 rings (SSSR count). The summed E-state index contributed by atoms with van der Waals surface area (Å²) in [6, 6.07) is 0.860. The smallest absolute Gasteiger partial charge is 0.336 e. The highest BCUT2D eigenvalue weighted by molar-refractivity contribution is 7.91. The highest BCUT2D eigenvalue weighted by Gasteiger charge is 2.39. The van der Waals surface area contributed by atoms with Crippen molar-refractivity contribution in [3.05, 3.63) is 34.2 Å². The molecule has 34 heavy (non-hydrogen) atoms. The number of fused-ring (bicyclic) bond motifs is 1. The number of halogens is 4. The van der Waals surface area contributed by atoms with Crippen LogP contribution in [0.25, 0.3) is 5.65 Å². The summed E-state index contributed by atoms with van der Waals surface area (Å²) in [6.45, 7) is 0.0864. The van der Waals surface area contributed by atoms with E-state index < -0.39 is 33.1 Å². The number of imidazole rings is 1. The highest BCUT2D eigenvalue weighted by atomic mass is 35.5. The number of sulfone groups is 1. The normalized spacial score (nSPS) is 21.9. The molecule has 0 atom stereocenters. The van der Waals surface area contributed by atoms with Crippen LogP contribution >= 0.6 is 11.6 Å². The number of aromatic nitrogens is 2. The van der Waals surface area contributed by atoms with Gasteiger partial charge >= 0.3 is 6.18 Å². The van der Waals surface area contributed by atoms with Gasteiger partial charge in [-0.05, 0) is 43.2 Å². The average Bonchev–Trinajstić information content (AvgIpc) is 3.56. The molecule has 0 radical (unpaired) electrons. The molecular weight excluding hydrogens is 497 g/mol. The van der Waals surface area contributed by atoms with Crippen molar-refractivity contribution in [2.45, 2.75) is 43.8 Å². The van der Waals surface area contributed by atoms with Gasteiger partial charge in [0.25, 0.3) is 5.91 Å². The molecule has 1 aliphatic carbocycles. The van der Waals surface area contributed by atoms with Gasteiger partial charge in [-0.15, -0.1) is 0 Å². The first kappa shape index (κ1) is 23.4. The van der Waals surface area contributed by atoms with Gasteiger partial charge in [-0.1, -0.05) is 11.6 Å². The van der Waals surface area contributed by atoms with Crippen molar-refractivity contribution in [3.63, 3.8) is 0 Å². The molecule has 0 aromatic carbocycles.